The molecule has 39 heavy (non-hydrogen) atoms. The molecule has 0 radical (unpaired) electrons. The van der Waals surface area contributed by atoms with Crippen LogP contribution in [-0.2, 0) is 56.9 Å². The molecule has 0 aliphatic heterocycles. The van der Waals surface area contributed by atoms with Gasteiger partial charge >= 0.3 is 5.97 Å². The van der Waals surface area contributed by atoms with Crippen LogP contribution in [0, 0.1) is 0 Å². The summed E-state index contributed by atoms with van der Waals surface area (Å²) in [5.74, 6) is -0.411. The van der Waals surface area contributed by atoms with Crippen LogP contribution in [0.3, 0.4) is 0 Å². The van der Waals surface area contributed by atoms with Crippen molar-refractivity contribution in [2.45, 2.75) is 6.92 Å². The average Bonchev–Trinajstić information content (AvgIpc) is 2.93. The standard InChI is InChI=1S/C26H49IO12/c1-25(2)26(28)39-24-23-38-22-21-37-20-19-36-18-17-35-16-15-34-14-13-33-12-11-32-10-9-31-8-7-30-6-5-29-4-3-27/h1,3-24H2,2H3. The molecule has 0 saturated heterocycles. The zero-order valence-corrected chi connectivity index (χ0v) is 25.7. The number of esters is 1. The molecule has 0 saturated carbocycles. The number of hydrogen-bond donors (Lipinski definition) is 0. The van der Waals surface area contributed by atoms with E-state index in [0.29, 0.717) is 131 Å². The third kappa shape index (κ3) is 33.6. The second-order valence-electron chi connectivity index (χ2n) is 7.73. The molecule has 0 amide bonds. The molecule has 0 aliphatic rings. The van der Waals surface area contributed by atoms with Gasteiger partial charge in [-0.2, -0.15) is 0 Å². The van der Waals surface area contributed by atoms with Gasteiger partial charge in [0.25, 0.3) is 0 Å². The normalized spacial score (nSPS) is 11.2. The van der Waals surface area contributed by atoms with Crippen molar-refractivity contribution >= 4 is 28.6 Å². The van der Waals surface area contributed by atoms with E-state index in [1.165, 1.54) is 0 Å². The lowest BCUT2D eigenvalue weighted by Gasteiger charge is -2.09. The Hall–Kier alpha value is -0.460. The van der Waals surface area contributed by atoms with E-state index < -0.39 is 5.97 Å². The molecule has 0 bridgehead atoms. The van der Waals surface area contributed by atoms with Crippen LogP contribution in [0.4, 0.5) is 0 Å². The van der Waals surface area contributed by atoms with Crippen molar-refractivity contribution in [2.75, 3.05) is 143 Å². The van der Waals surface area contributed by atoms with Crippen molar-refractivity contribution in [3.63, 3.8) is 0 Å². The highest BCUT2D eigenvalue weighted by Crippen LogP contribution is 1.92. The predicted molar refractivity (Wildman–Crippen MR) is 153 cm³/mol. The first-order valence-electron chi connectivity index (χ1n) is 13.3. The molecule has 13 heteroatoms. The summed E-state index contributed by atoms with van der Waals surface area (Å²) >= 11 is 2.27. The largest absolute Gasteiger partial charge is 0.460 e. The van der Waals surface area contributed by atoms with Crippen LogP contribution in [-0.4, -0.2) is 149 Å². The fourth-order valence-electron chi connectivity index (χ4n) is 2.45. The number of carbonyl (C=O) groups excluding carboxylic acids is 1. The van der Waals surface area contributed by atoms with Crippen LogP contribution in [0.5, 0.6) is 0 Å². The molecular weight excluding hydrogens is 631 g/mol. The van der Waals surface area contributed by atoms with E-state index in [1.54, 1.807) is 6.92 Å². The predicted octanol–water partition coefficient (Wildman–Crippen LogP) is 1.71. The zero-order chi connectivity index (χ0) is 28.5. The monoisotopic (exact) mass is 680 g/mol. The Kier molecular flexibility index (Phi) is 33.3. The quantitative estimate of drug-likeness (QED) is 0.0330. The minimum absolute atomic E-state index is 0.202. The van der Waals surface area contributed by atoms with Crippen molar-refractivity contribution < 1.29 is 56.9 Å². The summed E-state index contributed by atoms with van der Waals surface area (Å²) in [6.45, 7) is 15.6. The van der Waals surface area contributed by atoms with Crippen molar-refractivity contribution in [3.8, 4) is 0 Å². The van der Waals surface area contributed by atoms with Gasteiger partial charge in [0.1, 0.15) is 6.61 Å². The molecule has 0 spiro atoms. The van der Waals surface area contributed by atoms with E-state index in [0.717, 1.165) is 11.0 Å². The Morgan fingerprint density at radius 2 is 0.641 bits per heavy atom. The van der Waals surface area contributed by atoms with Crippen molar-refractivity contribution in [3.05, 3.63) is 12.2 Å². The molecule has 0 atom stereocenters. The summed E-state index contributed by atoms with van der Waals surface area (Å²) in [5.41, 5.74) is 0.372. The van der Waals surface area contributed by atoms with Gasteiger partial charge < -0.3 is 52.1 Å². The van der Waals surface area contributed by atoms with Gasteiger partial charge in [-0.3, -0.25) is 0 Å². The molecule has 0 aromatic carbocycles. The Bertz CT molecular complexity index is 527. The molecule has 0 rings (SSSR count). The van der Waals surface area contributed by atoms with E-state index in [1.807, 2.05) is 0 Å². The van der Waals surface area contributed by atoms with Crippen LogP contribution in [0.2, 0.25) is 0 Å². The molecule has 0 aliphatic carbocycles. The number of hydrogen-bond acceptors (Lipinski definition) is 12. The topological polar surface area (TPSA) is 119 Å². The number of halogens is 1. The Balaban J connectivity index is 3.06. The molecule has 0 aromatic rings. The second-order valence-corrected chi connectivity index (χ2v) is 8.81. The third-order valence-corrected chi connectivity index (χ3v) is 4.82. The lowest BCUT2D eigenvalue weighted by Crippen LogP contribution is -2.15. The summed E-state index contributed by atoms with van der Waals surface area (Å²) in [5, 5.41) is 0. The number of rotatable bonds is 33. The average molecular weight is 681 g/mol. The van der Waals surface area contributed by atoms with Crippen LogP contribution in [0.25, 0.3) is 0 Å². The SMILES string of the molecule is C=C(C)C(=O)OCCOCCOCCOCCOCCOCCOCCOCCOCCOCCOCCI. The van der Waals surface area contributed by atoms with E-state index in [4.69, 9.17) is 52.1 Å². The van der Waals surface area contributed by atoms with Gasteiger partial charge in [0.2, 0.25) is 0 Å². The highest BCUT2D eigenvalue weighted by molar-refractivity contribution is 14.1. The van der Waals surface area contributed by atoms with Crippen molar-refractivity contribution in [1.82, 2.24) is 0 Å². The molecule has 0 aromatic heterocycles. The van der Waals surface area contributed by atoms with Crippen molar-refractivity contribution in [2.24, 2.45) is 0 Å². The molecule has 0 N–H and O–H groups in total. The minimum atomic E-state index is -0.411. The second kappa shape index (κ2) is 33.7. The number of carbonyl (C=O) groups is 1. The van der Waals surface area contributed by atoms with E-state index in [-0.39, 0.29) is 6.61 Å². The minimum Gasteiger partial charge on any atom is -0.460 e. The number of ether oxygens (including phenoxy) is 11. The Labute approximate surface area is 247 Å². The molecular formula is C26H49IO12. The van der Waals surface area contributed by atoms with Crippen LogP contribution < -0.4 is 0 Å². The lowest BCUT2D eigenvalue weighted by molar-refractivity contribution is -0.140. The van der Waals surface area contributed by atoms with Gasteiger partial charge in [0.15, 0.2) is 0 Å². The lowest BCUT2D eigenvalue weighted by atomic mass is 10.4. The highest BCUT2D eigenvalue weighted by Gasteiger charge is 2.02. The summed E-state index contributed by atoms with van der Waals surface area (Å²) < 4.78 is 59.9. The molecule has 0 fully saturated rings. The zero-order valence-electron chi connectivity index (χ0n) is 23.5. The fourth-order valence-corrected chi connectivity index (χ4v) is 2.76. The molecule has 12 nitrogen and oxygen atoms in total. The van der Waals surface area contributed by atoms with Crippen molar-refractivity contribution in [1.29, 1.82) is 0 Å². The van der Waals surface area contributed by atoms with E-state index in [2.05, 4.69) is 29.2 Å². The van der Waals surface area contributed by atoms with Crippen LogP contribution in [0.1, 0.15) is 6.92 Å². The first kappa shape index (κ1) is 38.5. The summed E-state index contributed by atoms with van der Waals surface area (Å²) in [4.78, 5) is 11.2. The van der Waals surface area contributed by atoms with Gasteiger partial charge in [0, 0.05) is 10.0 Å². The van der Waals surface area contributed by atoms with E-state index in [9.17, 15) is 4.79 Å². The van der Waals surface area contributed by atoms with E-state index >= 15 is 0 Å². The highest BCUT2D eigenvalue weighted by atomic mass is 127. The van der Waals surface area contributed by atoms with Gasteiger partial charge in [-0.25, -0.2) is 4.79 Å². The Morgan fingerprint density at radius 1 is 0.436 bits per heavy atom. The Morgan fingerprint density at radius 3 is 0.846 bits per heavy atom. The van der Waals surface area contributed by atoms with Gasteiger partial charge in [0.05, 0.1) is 132 Å². The van der Waals surface area contributed by atoms with Gasteiger partial charge in [-0.05, 0) is 6.92 Å². The van der Waals surface area contributed by atoms with Crippen LogP contribution in [0.15, 0.2) is 12.2 Å². The molecule has 0 heterocycles. The maximum atomic E-state index is 11.2. The maximum Gasteiger partial charge on any atom is 0.333 e. The smallest absolute Gasteiger partial charge is 0.333 e. The third-order valence-electron chi connectivity index (χ3n) is 4.38. The maximum absolute atomic E-state index is 11.2. The van der Waals surface area contributed by atoms with Gasteiger partial charge in [-0.1, -0.05) is 29.2 Å². The summed E-state index contributed by atoms with van der Waals surface area (Å²) in [7, 11) is 0. The first-order valence-corrected chi connectivity index (χ1v) is 14.9. The fraction of sp³-hybridized carbons (Fsp3) is 0.885. The first-order chi connectivity index (χ1) is 19.2. The molecule has 0 unspecified atom stereocenters. The van der Waals surface area contributed by atoms with Gasteiger partial charge in [-0.15, -0.1) is 0 Å². The van der Waals surface area contributed by atoms with Crippen LogP contribution >= 0.6 is 22.6 Å². The molecule has 232 valence electrons. The number of alkyl halides is 1. The summed E-state index contributed by atoms with van der Waals surface area (Å²) in [6, 6.07) is 0. The summed E-state index contributed by atoms with van der Waals surface area (Å²) in [6.07, 6.45) is 0.